The number of non-ortho nitro benzene ring substituents is 1. The van der Waals surface area contributed by atoms with E-state index in [1.165, 1.54) is 43.1 Å². The van der Waals surface area contributed by atoms with Gasteiger partial charge in [-0.3, -0.25) is 14.9 Å². The van der Waals surface area contributed by atoms with E-state index in [1.807, 2.05) is 0 Å². The molecule has 12 atom stereocenters. The molecule has 8 N–H and O–H groups in total. The van der Waals surface area contributed by atoms with E-state index in [2.05, 4.69) is 21.3 Å². The van der Waals surface area contributed by atoms with E-state index in [4.69, 9.17) is 37.9 Å². The number of nitrogens with one attached hydrogen (secondary N) is 4. The van der Waals surface area contributed by atoms with E-state index in [1.54, 1.807) is 89.2 Å². The van der Waals surface area contributed by atoms with E-state index < -0.39 is 149 Å². The van der Waals surface area contributed by atoms with Gasteiger partial charge in [0.1, 0.15) is 64.8 Å². The van der Waals surface area contributed by atoms with Gasteiger partial charge in [-0.25, -0.2) is 24.0 Å². The van der Waals surface area contributed by atoms with Crippen LogP contribution in [-0.4, -0.2) is 194 Å². The number of nitro groups is 1. The number of aliphatic hydroxyl groups excluding tert-OH is 3. The zero-order valence-corrected chi connectivity index (χ0v) is 47.4. The minimum Gasteiger partial charge on any atom is -0.491 e. The van der Waals surface area contributed by atoms with Gasteiger partial charge in [0.05, 0.1) is 42.3 Å². The molecule has 27 nitrogen and oxygen atoms in total. The lowest BCUT2D eigenvalue weighted by Crippen LogP contribution is -2.71. The first-order valence-electron chi connectivity index (χ1n) is 26.1. The second-order valence-corrected chi connectivity index (χ2v) is 24.5. The molecule has 2 saturated heterocycles. The van der Waals surface area contributed by atoms with Crippen LogP contribution in [-0.2, 0) is 49.3 Å². The smallest absolute Gasteiger partial charge is 0.410 e. The fourth-order valence-electron chi connectivity index (χ4n) is 9.44. The van der Waals surface area contributed by atoms with Crippen molar-refractivity contribution in [3.8, 4) is 0 Å². The zero-order chi connectivity index (χ0) is 59.3. The van der Waals surface area contributed by atoms with Crippen LogP contribution in [0.25, 0.3) is 0 Å². The van der Waals surface area contributed by atoms with Gasteiger partial charge >= 0.3 is 30.5 Å². The highest BCUT2D eigenvalue weighted by molar-refractivity contribution is 5.82. The third kappa shape index (κ3) is 18.1. The summed E-state index contributed by atoms with van der Waals surface area (Å²) in [5.74, 6) is -3.03. The van der Waals surface area contributed by atoms with Crippen molar-refractivity contribution in [3.63, 3.8) is 0 Å². The molecule has 3 aliphatic heterocycles. The predicted molar refractivity (Wildman–Crippen MR) is 278 cm³/mol. The van der Waals surface area contributed by atoms with Crippen LogP contribution < -0.4 is 21.3 Å². The van der Waals surface area contributed by atoms with Gasteiger partial charge < -0.3 is 89.4 Å². The van der Waals surface area contributed by atoms with Gasteiger partial charge in [-0.05, 0) is 127 Å². The van der Waals surface area contributed by atoms with Crippen molar-refractivity contribution in [2.75, 3.05) is 33.3 Å². The summed E-state index contributed by atoms with van der Waals surface area (Å²) in [5, 5.41) is 70.2. The number of ether oxygens (including phenoxy) is 8. The standard InChI is InChI=1S/C52H81N7O20/c1-48(2,3)76-44(65)55-31-20-19-30(22-53-43(64)72-25-27-15-17-29(18-16-27)59(70)71)74-38(31)34-32(56-45(66)77-49(4,5)6)21-33(54-41(63)35(60)28-23-58(24-28)47(68)79-51(10,11)12)39(36(34)61)75-42-37(62)40(52(13,69)26-73-42)57(14)46(67)78-50(7,8)9/h15-19,28,31-40,42,60-62,69H,20-26H2,1-14H3,(H,53,64)(H,54,63)(H,55,65)(H,56,66)/t31-,32+,33-,34?,35?,36+,37-,38+,39+,40-,42-,52+/m1/s1. The molecule has 0 bridgehead atoms. The number of hydrogen-bond acceptors (Lipinski definition) is 20. The van der Waals surface area contributed by atoms with Crippen molar-refractivity contribution in [2.45, 2.75) is 198 Å². The molecule has 444 valence electrons. The van der Waals surface area contributed by atoms with E-state index in [0.29, 0.717) is 5.56 Å². The quantitative estimate of drug-likeness (QED) is 0.0751. The maximum atomic E-state index is 14.2. The monoisotopic (exact) mass is 1120 g/mol. The first-order valence-corrected chi connectivity index (χ1v) is 26.1. The Bertz CT molecular complexity index is 2370. The Kier molecular flexibility index (Phi) is 20.1. The number of rotatable bonds is 14. The number of benzene rings is 1. The minimum atomic E-state index is -1.92. The van der Waals surface area contributed by atoms with Crippen LogP contribution in [0.3, 0.4) is 0 Å². The predicted octanol–water partition coefficient (Wildman–Crippen LogP) is 3.46. The summed E-state index contributed by atoms with van der Waals surface area (Å²) in [5.41, 5.74) is -5.46. The van der Waals surface area contributed by atoms with E-state index >= 15 is 0 Å². The molecule has 27 heteroatoms. The molecule has 1 aromatic carbocycles. The third-order valence-electron chi connectivity index (χ3n) is 12.9. The molecule has 5 rings (SSSR count). The Hall–Kier alpha value is -6.26. The van der Waals surface area contributed by atoms with Gasteiger partial charge in [0.2, 0.25) is 5.91 Å². The minimum absolute atomic E-state index is 0.0288. The molecular formula is C52H81N7O20. The lowest BCUT2D eigenvalue weighted by Gasteiger charge is -2.52. The van der Waals surface area contributed by atoms with E-state index in [-0.39, 0.29) is 50.5 Å². The SMILES string of the molecule is CN(C(=O)OC(C)(C)C)[C@@H]1[C@@H](O)[C@@H](O[C@H]2[C@H](NC(=O)C(O)C3CN(C(=O)OC(C)(C)C)C3)C[C@H](NC(=O)OC(C)(C)C)C([C@H]3OC(CNC(=O)OCc4ccc([N+](=O)[O-])cc4)=CC[C@H]3NC(=O)OC(C)(C)C)[C@@H]2O)OC[C@]1(C)O. The number of carbonyl (C=O) groups is 6. The average molecular weight is 1120 g/mol. The number of likely N-dealkylation sites (tertiary alicyclic amines) is 1. The molecular weight excluding hydrogens is 1040 g/mol. The van der Waals surface area contributed by atoms with Crippen molar-refractivity contribution in [2.24, 2.45) is 11.8 Å². The van der Waals surface area contributed by atoms with Gasteiger partial charge in [-0.1, -0.05) is 0 Å². The first-order chi connectivity index (χ1) is 36.3. The number of alkyl carbamates (subject to hydrolysis) is 3. The summed E-state index contributed by atoms with van der Waals surface area (Å²) < 4.78 is 46.6. The van der Waals surface area contributed by atoms with Gasteiger partial charge in [0.25, 0.3) is 5.69 Å². The van der Waals surface area contributed by atoms with Gasteiger partial charge in [-0.2, -0.15) is 0 Å². The molecule has 1 aliphatic carbocycles. The van der Waals surface area contributed by atoms with Gasteiger partial charge in [0, 0.05) is 50.1 Å². The lowest BCUT2D eigenvalue weighted by molar-refractivity contribution is -0.384. The van der Waals surface area contributed by atoms with Crippen molar-refractivity contribution in [3.05, 3.63) is 51.8 Å². The topological polar surface area (TPSA) is 355 Å². The van der Waals surface area contributed by atoms with E-state index in [9.17, 15) is 59.3 Å². The highest BCUT2D eigenvalue weighted by Crippen LogP contribution is 2.39. The normalized spacial score (nSPS) is 28.0. The Morgan fingerprint density at radius 2 is 1.37 bits per heavy atom. The number of nitro benzene ring substituents is 1. The number of carbonyl (C=O) groups excluding carboxylic acids is 6. The molecule has 1 aromatic rings. The molecule has 3 heterocycles. The van der Waals surface area contributed by atoms with Crippen LogP contribution in [0.1, 0.15) is 108 Å². The maximum absolute atomic E-state index is 14.2. The second kappa shape index (κ2) is 25.0. The summed E-state index contributed by atoms with van der Waals surface area (Å²) in [4.78, 5) is 93.7. The highest BCUT2D eigenvalue weighted by atomic mass is 16.7. The molecule has 1 saturated carbocycles. The van der Waals surface area contributed by atoms with Crippen molar-refractivity contribution in [1.29, 1.82) is 0 Å². The van der Waals surface area contributed by atoms with Crippen LogP contribution in [0.2, 0.25) is 0 Å². The van der Waals surface area contributed by atoms with Crippen LogP contribution >= 0.6 is 0 Å². The van der Waals surface area contributed by atoms with Crippen LogP contribution in [0.4, 0.5) is 29.7 Å². The number of amides is 6. The third-order valence-corrected chi connectivity index (χ3v) is 12.9. The lowest BCUT2D eigenvalue weighted by atomic mass is 9.72. The summed E-state index contributed by atoms with van der Waals surface area (Å²) in [6, 6.07) is 0.164. The number of nitrogens with zero attached hydrogens (tertiary/aromatic N) is 3. The van der Waals surface area contributed by atoms with Crippen molar-refractivity contribution >= 4 is 42.1 Å². The largest absolute Gasteiger partial charge is 0.491 e. The van der Waals surface area contributed by atoms with Crippen LogP contribution in [0, 0.1) is 22.0 Å². The summed E-state index contributed by atoms with van der Waals surface area (Å²) in [6.07, 6.45) is -13.5. The summed E-state index contributed by atoms with van der Waals surface area (Å²) >= 11 is 0. The molecule has 2 unspecified atom stereocenters. The summed E-state index contributed by atoms with van der Waals surface area (Å²) in [7, 11) is 1.29. The molecule has 0 radical (unpaired) electrons. The number of aliphatic hydroxyl groups is 4. The average Bonchev–Trinajstić information content (AvgIpc) is 3.27. The fourth-order valence-corrected chi connectivity index (χ4v) is 9.44. The van der Waals surface area contributed by atoms with Crippen LogP contribution in [0.15, 0.2) is 36.1 Å². The molecule has 3 fully saturated rings. The highest BCUT2D eigenvalue weighted by Gasteiger charge is 2.57. The summed E-state index contributed by atoms with van der Waals surface area (Å²) in [6.45, 7) is 19.8. The first kappa shape index (κ1) is 63.6. The molecule has 4 aliphatic rings. The van der Waals surface area contributed by atoms with Crippen molar-refractivity contribution < 1.29 is 92.0 Å². The second-order valence-electron chi connectivity index (χ2n) is 24.5. The number of hydrogen-bond donors (Lipinski definition) is 8. The Morgan fingerprint density at radius 3 is 1.91 bits per heavy atom. The van der Waals surface area contributed by atoms with Gasteiger partial charge in [0.15, 0.2) is 6.29 Å². The Labute approximate surface area is 459 Å². The molecule has 79 heavy (non-hydrogen) atoms. The Morgan fingerprint density at radius 1 is 0.810 bits per heavy atom. The fraction of sp³-hybridized carbons (Fsp3) is 0.731. The molecule has 0 spiro atoms. The zero-order valence-electron chi connectivity index (χ0n) is 47.4. The number of likely N-dealkylation sites (N-methyl/N-ethyl adjacent to an activating group) is 1. The maximum Gasteiger partial charge on any atom is 0.410 e. The Balaban J connectivity index is 1.53. The van der Waals surface area contributed by atoms with E-state index in [0.717, 1.165) is 4.90 Å². The van der Waals surface area contributed by atoms with Gasteiger partial charge in [-0.15, -0.1) is 0 Å². The molecule has 6 amide bonds. The molecule has 0 aromatic heterocycles. The van der Waals surface area contributed by atoms with Crippen molar-refractivity contribution in [1.82, 2.24) is 31.1 Å². The van der Waals surface area contributed by atoms with Crippen LogP contribution in [0.5, 0.6) is 0 Å².